The summed E-state index contributed by atoms with van der Waals surface area (Å²) < 4.78 is 29.2. The van der Waals surface area contributed by atoms with Gasteiger partial charge in [-0.1, -0.05) is 0 Å². The Morgan fingerprint density at radius 1 is 1.28 bits per heavy atom. The van der Waals surface area contributed by atoms with E-state index < -0.39 is 11.6 Å². The van der Waals surface area contributed by atoms with Crippen molar-refractivity contribution >= 4 is 26.8 Å². The third kappa shape index (κ3) is 1.53. The van der Waals surface area contributed by atoms with Crippen LogP contribution in [-0.2, 0) is 0 Å². The van der Waals surface area contributed by atoms with Crippen LogP contribution in [0.4, 0.5) is 8.78 Å². The Hall–Kier alpha value is -1.23. The van der Waals surface area contributed by atoms with Gasteiger partial charge in [-0.15, -0.1) is 0 Å². The lowest BCUT2D eigenvalue weighted by Crippen LogP contribution is -2.19. The molecule has 0 amide bonds. The number of fused-ring (bicyclic) bond motifs is 1. The van der Waals surface area contributed by atoms with Crippen molar-refractivity contribution in [3.63, 3.8) is 0 Å². The lowest BCUT2D eigenvalue weighted by Gasteiger charge is -2.14. The summed E-state index contributed by atoms with van der Waals surface area (Å²) in [5.74, 6) is -1.81. The molecule has 0 N–H and O–H groups in total. The van der Waals surface area contributed by atoms with E-state index in [0.717, 1.165) is 12.8 Å². The van der Waals surface area contributed by atoms with E-state index >= 15 is 0 Å². The van der Waals surface area contributed by atoms with Crippen molar-refractivity contribution < 1.29 is 8.78 Å². The molecule has 0 atom stereocenters. The number of halogens is 3. The van der Waals surface area contributed by atoms with Gasteiger partial charge < -0.3 is 4.57 Å². The Morgan fingerprint density at radius 2 is 1.94 bits per heavy atom. The predicted octanol–water partition coefficient (Wildman–Crippen LogP) is 3.69. The largest absolute Gasteiger partial charge is 0.305 e. The van der Waals surface area contributed by atoms with Gasteiger partial charge in [0.2, 0.25) is 0 Å². The van der Waals surface area contributed by atoms with Gasteiger partial charge in [-0.05, 0) is 47.3 Å². The van der Waals surface area contributed by atoms with Gasteiger partial charge in [0.15, 0.2) is 11.6 Å². The van der Waals surface area contributed by atoms with Crippen molar-refractivity contribution in [3.05, 3.63) is 44.2 Å². The number of nitrogens with zero attached hydrogens (tertiary/aromatic N) is 1. The van der Waals surface area contributed by atoms with E-state index in [-0.39, 0.29) is 21.5 Å². The molecule has 2 aromatic rings. The van der Waals surface area contributed by atoms with Crippen LogP contribution in [0.15, 0.2) is 21.4 Å². The molecule has 1 aliphatic rings. The van der Waals surface area contributed by atoms with Crippen molar-refractivity contribution in [2.75, 3.05) is 0 Å². The second-order valence-corrected chi connectivity index (χ2v) is 5.39. The SMILES string of the molecule is Cc1c(Br)c(F)c(F)c2ccc(=O)n(C3CC3)c12. The van der Waals surface area contributed by atoms with E-state index in [9.17, 15) is 13.6 Å². The Morgan fingerprint density at radius 3 is 2.56 bits per heavy atom. The second-order valence-electron chi connectivity index (χ2n) is 4.60. The van der Waals surface area contributed by atoms with Crippen LogP contribution >= 0.6 is 15.9 Å². The van der Waals surface area contributed by atoms with Gasteiger partial charge in [-0.25, -0.2) is 8.78 Å². The third-order valence-corrected chi connectivity index (χ3v) is 4.29. The summed E-state index contributed by atoms with van der Waals surface area (Å²) in [5, 5.41) is 0.166. The van der Waals surface area contributed by atoms with E-state index in [1.807, 2.05) is 0 Å². The van der Waals surface area contributed by atoms with Crippen LogP contribution < -0.4 is 5.56 Å². The van der Waals surface area contributed by atoms with E-state index in [2.05, 4.69) is 15.9 Å². The quantitative estimate of drug-likeness (QED) is 0.736. The zero-order valence-electron chi connectivity index (χ0n) is 9.64. The van der Waals surface area contributed by atoms with Crippen LogP contribution in [0.5, 0.6) is 0 Å². The fraction of sp³-hybridized carbons (Fsp3) is 0.308. The number of benzene rings is 1. The highest BCUT2D eigenvalue weighted by Crippen LogP contribution is 2.39. The number of pyridine rings is 1. The van der Waals surface area contributed by atoms with Crippen LogP contribution in [0.3, 0.4) is 0 Å². The first-order valence-corrected chi connectivity index (χ1v) is 6.50. The van der Waals surface area contributed by atoms with Crippen LogP contribution in [0.2, 0.25) is 0 Å². The maximum atomic E-state index is 13.9. The van der Waals surface area contributed by atoms with Gasteiger partial charge in [-0.3, -0.25) is 4.79 Å². The first kappa shape index (κ1) is 11.8. The maximum absolute atomic E-state index is 13.9. The van der Waals surface area contributed by atoms with Crippen molar-refractivity contribution in [2.24, 2.45) is 0 Å². The molecule has 1 saturated carbocycles. The van der Waals surface area contributed by atoms with Gasteiger partial charge in [0.1, 0.15) is 0 Å². The highest BCUT2D eigenvalue weighted by atomic mass is 79.9. The van der Waals surface area contributed by atoms with Crippen molar-refractivity contribution in [1.82, 2.24) is 4.57 Å². The van der Waals surface area contributed by atoms with Gasteiger partial charge in [-0.2, -0.15) is 0 Å². The minimum atomic E-state index is -0.906. The normalized spacial score (nSPS) is 15.3. The van der Waals surface area contributed by atoms with Crippen molar-refractivity contribution in [1.29, 1.82) is 0 Å². The number of hydrogen-bond acceptors (Lipinski definition) is 1. The number of aryl methyl sites for hydroxylation is 1. The monoisotopic (exact) mass is 313 g/mol. The third-order valence-electron chi connectivity index (χ3n) is 3.34. The zero-order chi connectivity index (χ0) is 13.0. The summed E-state index contributed by atoms with van der Waals surface area (Å²) in [7, 11) is 0. The van der Waals surface area contributed by atoms with E-state index in [1.54, 1.807) is 11.5 Å². The first-order valence-electron chi connectivity index (χ1n) is 5.70. The summed E-state index contributed by atoms with van der Waals surface area (Å²) >= 11 is 3.05. The summed E-state index contributed by atoms with van der Waals surface area (Å²) in [6.45, 7) is 1.69. The number of aromatic nitrogens is 1. The molecule has 2 nitrogen and oxygen atoms in total. The van der Waals surface area contributed by atoms with E-state index in [0.29, 0.717) is 11.1 Å². The Kier molecular flexibility index (Phi) is 2.55. The molecule has 1 heterocycles. The minimum Gasteiger partial charge on any atom is -0.305 e. The molecule has 1 aromatic carbocycles. The van der Waals surface area contributed by atoms with Crippen molar-refractivity contribution in [3.8, 4) is 0 Å². The number of rotatable bonds is 1. The molecule has 3 rings (SSSR count). The average molecular weight is 314 g/mol. The summed E-state index contributed by atoms with van der Waals surface area (Å²) in [4.78, 5) is 11.9. The highest BCUT2D eigenvalue weighted by Gasteiger charge is 2.28. The molecule has 18 heavy (non-hydrogen) atoms. The van der Waals surface area contributed by atoms with Crippen molar-refractivity contribution in [2.45, 2.75) is 25.8 Å². The molecule has 0 bridgehead atoms. The van der Waals surface area contributed by atoms with Gasteiger partial charge >= 0.3 is 0 Å². The molecule has 0 radical (unpaired) electrons. The molecule has 94 valence electrons. The smallest absolute Gasteiger partial charge is 0.251 e. The molecule has 0 saturated heterocycles. The minimum absolute atomic E-state index is 0.0903. The molecule has 1 fully saturated rings. The van der Waals surface area contributed by atoms with Crippen LogP contribution in [0, 0.1) is 18.6 Å². The van der Waals surface area contributed by atoms with Crippen LogP contribution in [0.25, 0.3) is 10.9 Å². The fourth-order valence-corrected chi connectivity index (χ4v) is 2.65. The molecule has 1 aromatic heterocycles. The zero-order valence-corrected chi connectivity index (χ0v) is 11.2. The Balaban J connectivity index is 2.55. The Labute approximate surface area is 110 Å². The van der Waals surface area contributed by atoms with E-state index in [4.69, 9.17) is 0 Å². The predicted molar refractivity (Wildman–Crippen MR) is 68.8 cm³/mol. The summed E-state index contributed by atoms with van der Waals surface area (Å²) in [6, 6.07) is 2.78. The molecular formula is C13H10BrF2NO. The Bertz CT molecular complexity index is 719. The first-order chi connectivity index (χ1) is 8.52. The highest BCUT2D eigenvalue weighted by molar-refractivity contribution is 9.10. The van der Waals surface area contributed by atoms with E-state index in [1.165, 1.54) is 12.1 Å². The fourth-order valence-electron chi connectivity index (χ4n) is 2.29. The average Bonchev–Trinajstić information content (AvgIpc) is 3.17. The summed E-state index contributed by atoms with van der Waals surface area (Å²) in [6.07, 6.45) is 1.82. The maximum Gasteiger partial charge on any atom is 0.251 e. The molecule has 1 aliphatic carbocycles. The van der Waals surface area contributed by atoms with Gasteiger partial charge in [0, 0.05) is 17.5 Å². The lowest BCUT2D eigenvalue weighted by atomic mass is 10.1. The molecule has 0 unspecified atom stereocenters. The molecule has 5 heteroatoms. The van der Waals surface area contributed by atoms with Crippen LogP contribution in [0.1, 0.15) is 24.4 Å². The number of hydrogen-bond donors (Lipinski definition) is 0. The molecular weight excluding hydrogens is 304 g/mol. The van der Waals surface area contributed by atoms with Crippen LogP contribution in [-0.4, -0.2) is 4.57 Å². The standard InChI is InChI=1S/C13H10BrF2NO/c1-6-10(14)12(16)11(15)8-4-5-9(18)17(13(6)8)7-2-3-7/h4-5,7H,2-3H2,1H3. The van der Waals surface area contributed by atoms with Gasteiger partial charge in [0.05, 0.1) is 9.99 Å². The lowest BCUT2D eigenvalue weighted by molar-refractivity contribution is 0.510. The molecule has 0 spiro atoms. The topological polar surface area (TPSA) is 22.0 Å². The second kappa shape index (κ2) is 3.88. The van der Waals surface area contributed by atoms with Gasteiger partial charge in [0.25, 0.3) is 5.56 Å². The molecule has 0 aliphatic heterocycles. The summed E-state index contributed by atoms with van der Waals surface area (Å²) in [5.41, 5.74) is 0.898.